The van der Waals surface area contributed by atoms with Gasteiger partial charge in [-0.3, -0.25) is 4.79 Å². The molecule has 0 aromatic heterocycles. The summed E-state index contributed by atoms with van der Waals surface area (Å²) in [5.74, 6) is 0.748. The molecule has 0 bridgehead atoms. The van der Waals surface area contributed by atoms with Crippen molar-refractivity contribution in [3.05, 3.63) is 54.1 Å². The molecule has 0 radical (unpaired) electrons. The van der Waals surface area contributed by atoms with Gasteiger partial charge in [-0.05, 0) is 48.7 Å². The maximum atomic E-state index is 12.7. The van der Waals surface area contributed by atoms with Crippen molar-refractivity contribution in [2.45, 2.75) is 39.0 Å². The minimum atomic E-state index is -3.52. The number of nitrogens with zero attached hydrogens (tertiary/aromatic N) is 1. The van der Waals surface area contributed by atoms with Crippen LogP contribution in [0.1, 0.15) is 44.5 Å². The minimum absolute atomic E-state index is 0.205. The zero-order valence-electron chi connectivity index (χ0n) is 17.5. The standard InChI is InChI=1S/C22H30N2O4S/c1-5-24(6-2)29(26,27)19-13-11-18(12-14-19)23-22(25)20-9-7-8-10-21(20)28-16-15-17(3)4/h7-14,17H,5-6,15-16H2,1-4H3,(H,23,25). The molecule has 0 aliphatic heterocycles. The van der Waals surface area contributed by atoms with E-state index < -0.39 is 10.0 Å². The van der Waals surface area contributed by atoms with Crippen molar-refractivity contribution >= 4 is 21.6 Å². The summed E-state index contributed by atoms with van der Waals surface area (Å²) in [5.41, 5.74) is 0.960. The molecule has 0 saturated heterocycles. The molecule has 1 amide bonds. The van der Waals surface area contributed by atoms with Crippen LogP contribution in [0.2, 0.25) is 0 Å². The van der Waals surface area contributed by atoms with Gasteiger partial charge < -0.3 is 10.1 Å². The van der Waals surface area contributed by atoms with Crippen molar-refractivity contribution < 1.29 is 17.9 Å². The molecular formula is C22H30N2O4S. The number of rotatable bonds is 10. The molecule has 29 heavy (non-hydrogen) atoms. The Hall–Kier alpha value is -2.38. The van der Waals surface area contributed by atoms with Gasteiger partial charge in [0.15, 0.2) is 0 Å². The number of carbonyl (C=O) groups excluding carboxylic acids is 1. The average Bonchev–Trinajstić information content (AvgIpc) is 2.69. The van der Waals surface area contributed by atoms with Gasteiger partial charge in [0.2, 0.25) is 10.0 Å². The van der Waals surface area contributed by atoms with E-state index in [-0.39, 0.29) is 10.8 Å². The normalized spacial score (nSPS) is 11.7. The van der Waals surface area contributed by atoms with Gasteiger partial charge in [0.25, 0.3) is 5.91 Å². The molecule has 7 heteroatoms. The van der Waals surface area contributed by atoms with E-state index in [0.29, 0.717) is 42.6 Å². The Labute approximate surface area is 173 Å². The van der Waals surface area contributed by atoms with E-state index in [1.165, 1.54) is 16.4 Å². The topological polar surface area (TPSA) is 75.7 Å². The van der Waals surface area contributed by atoms with Crippen LogP contribution >= 0.6 is 0 Å². The summed E-state index contributed by atoms with van der Waals surface area (Å²) >= 11 is 0. The van der Waals surface area contributed by atoms with Gasteiger partial charge >= 0.3 is 0 Å². The second-order valence-corrected chi connectivity index (χ2v) is 9.03. The summed E-state index contributed by atoms with van der Waals surface area (Å²) in [6, 6.07) is 13.3. The molecule has 2 aromatic rings. The minimum Gasteiger partial charge on any atom is -0.493 e. The maximum absolute atomic E-state index is 12.7. The first kappa shape index (κ1) is 22.9. The molecule has 0 saturated carbocycles. The highest BCUT2D eigenvalue weighted by atomic mass is 32.2. The van der Waals surface area contributed by atoms with E-state index in [4.69, 9.17) is 4.74 Å². The van der Waals surface area contributed by atoms with Gasteiger partial charge in [-0.1, -0.05) is 39.8 Å². The summed E-state index contributed by atoms with van der Waals surface area (Å²) in [7, 11) is -3.52. The molecule has 0 heterocycles. The smallest absolute Gasteiger partial charge is 0.259 e. The quantitative estimate of drug-likeness (QED) is 0.621. The Morgan fingerprint density at radius 1 is 1.03 bits per heavy atom. The fourth-order valence-corrected chi connectivity index (χ4v) is 4.26. The maximum Gasteiger partial charge on any atom is 0.259 e. The van der Waals surface area contributed by atoms with Crippen LogP contribution in [0, 0.1) is 5.92 Å². The average molecular weight is 419 g/mol. The van der Waals surface area contributed by atoms with Crippen molar-refractivity contribution in [3.63, 3.8) is 0 Å². The van der Waals surface area contributed by atoms with E-state index in [2.05, 4.69) is 19.2 Å². The Morgan fingerprint density at radius 2 is 1.66 bits per heavy atom. The van der Waals surface area contributed by atoms with Crippen LogP contribution in [0.25, 0.3) is 0 Å². The lowest BCUT2D eigenvalue weighted by atomic mass is 10.1. The van der Waals surface area contributed by atoms with Gasteiger partial charge in [-0.25, -0.2) is 8.42 Å². The second-order valence-electron chi connectivity index (χ2n) is 7.09. The van der Waals surface area contributed by atoms with Gasteiger partial charge in [0.1, 0.15) is 5.75 Å². The van der Waals surface area contributed by atoms with E-state index in [1.54, 1.807) is 44.2 Å². The first-order chi connectivity index (χ1) is 13.8. The third-order valence-corrected chi connectivity index (χ3v) is 6.60. The largest absolute Gasteiger partial charge is 0.493 e. The number of nitrogens with one attached hydrogen (secondary N) is 1. The molecular weight excluding hydrogens is 388 g/mol. The second kappa shape index (κ2) is 10.4. The highest BCUT2D eigenvalue weighted by Gasteiger charge is 2.21. The number of ether oxygens (including phenoxy) is 1. The third kappa shape index (κ3) is 6.05. The van der Waals surface area contributed by atoms with Crippen LogP contribution in [-0.2, 0) is 10.0 Å². The van der Waals surface area contributed by atoms with Crippen LogP contribution in [-0.4, -0.2) is 38.3 Å². The molecule has 1 N–H and O–H groups in total. The molecule has 6 nitrogen and oxygen atoms in total. The third-order valence-electron chi connectivity index (χ3n) is 4.54. The van der Waals surface area contributed by atoms with E-state index in [9.17, 15) is 13.2 Å². The van der Waals surface area contributed by atoms with Gasteiger partial charge in [0.05, 0.1) is 17.1 Å². The molecule has 0 aliphatic rings. The molecule has 2 aromatic carbocycles. The van der Waals surface area contributed by atoms with Gasteiger partial charge in [0, 0.05) is 18.8 Å². The summed E-state index contributed by atoms with van der Waals surface area (Å²) in [4.78, 5) is 12.9. The molecule has 0 spiro atoms. The number of benzene rings is 2. The van der Waals surface area contributed by atoms with Crippen LogP contribution in [0.5, 0.6) is 5.75 Å². The van der Waals surface area contributed by atoms with Crippen LogP contribution in [0.3, 0.4) is 0 Å². The number of amides is 1. The Kier molecular flexibility index (Phi) is 8.22. The SMILES string of the molecule is CCN(CC)S(=O)(=O)c1ccc(NC(=O)c2ccccc2OCCC(C)C)cc1. The zero-order chi connectivity index (χ0) is 21.4. The fraction of sp³-hybridized carbons (Fsp3) is 0.409. The molecule has 0 unspecified atom stereocenters. The van der Waals surface area contributed by atoms with Crippen molar-refractivity contribution in [2.75, 3.05) is 25.0 Å². The van der Waals surface area contributed by atoms with E-state index in [0.717, 1.165) is 6.42 Å². The summed E-state index contributed by atoms with van der Waals surface area (Å²) in [6.07, 6.45) is 0.901. The Balaban J connectivity index is 2.12. The predicted molar refractivity (Wildman–Crippen MR) is 116 cm³/mol. The predicted octanol–water partition coefficient (Wildman–Crippen LogP) is 4.39. The molecule has 158 valence electrons. The lowest BCUT2D eigenvalue weighted by molar-refractivity contribution is 0.102. The Morgan fingerprint density at radius 3 is 2.24 bits per heavy atom. The van der Waals surface area contributed by atoms with Crippen LogP contribution < -0.4 is 10.1 Å². The number of hydrogen-bond donors (Lipinski definition) is 1. The van der Waals surface area contributed by atoms with Crippen LogP contribution in [0.15, 0.2) is 53.4 Å². The van der Waals surface area contributed by atoms with Gasteiger partial charge in [-0.15, -0.1) is 0 Å². The van der Waals surface area contributed by atoms with E-state index >= 15 is 0 Å². The highest BCUT2D eigenvalue weighted by molar-refractivity contribution is 7.89. The highest BCUT2D eigenvalue weighted by Crippen LogP contribution is 2.22. The lowest BCUT2D eigenvalue weighted by Crippen LogP contribution is -2.30. The number of anilines is 1. The molecule has 0 fully saturated rings. The van der Waals surface area contributed by atoms with Crippen LogP contribution in [0.4, 0.5) is 5.69 Å². The zero-order valence-corrected chi connectivity index (χ0v) is 18.3. The monoisotopic (exact) mass is 418 g/mol. The van der Waals surface area contributed by atoms with Crippen molar-refractivity contribution in [1.82, 2.24) is 4.31 Å². The Bertz CT molecular complexity index is 905. The first-order valence-electron chi connectivity index (χ1n) is 9.93. The first-order valence-corrected chi connectivity index (χ1v) is 11.4. The van der Waals surface area contributed by atoms with Crippen molar-refractivity contribution in [1.29, 1.82) is 0 Å². The summed E-state index contributed by atoms with van der Waals surface area (Å²) < 4.78 is 32.3. The molecule has 2 rings (SSSR count). The molecule has 0 aliphatic carbocycles. The number of carbonyl (C=O) groups is 1. The fourth-order valence-electron chi connectivity index (χ4n) is 2.81. The van der Waals surface area contributed by atoms with Gasteiger partial charge in [-0.2, -0.15) is 4.31 Å². The number of hydrogen-bond acceptors (Lipinski definition) is 4. The molecule has 0 atom stereocenters. The van der Waals surface area contributed by atoms with Crippen molar-refractivity contribution in [3.8, 4) is 5.75 Å². The van der Waals surface area contributed by atoms with E-state index in [1.807, 2.05) is 6.07 Å². The summed E-state index contributed by atoms with van der Waals surface area (Å²) in [5, 5.41) is 2.81. The number of para-hydroxylation sites is 1. The lowest BCUT2D eigenvalue weighted by Gasteiger charge is -2.18. The number of sulfonamides is 1. The van der Waals surface area contributed by atoms with Crippen molar-refractivity contribution in [2.24, 2.45) is 5.92 Å². The summed E-state index contributed by atoms with van der Waals surface area (Å²) in [6.45, 7) is 9.19.